The Morgan fingerprint density at radius 3 is 2.61 bits per heavy atom. The lowest BCUT2D eigenvalue weighted by molar-refractivity contribution is -0.568. The van der Waals surface area contributed by atoms with E-state index in [1.54, 1.807) is 0 Å². The van der Waals surface area contributed by atoms with Gasteiger partial charge in [-0.15, -0.1) is 0 Å². The third kappa shape index (κ3) is 4.08. The molecule has 0 radical (unpaired) electrons. The van der Waals surface area contributed by atoms with Crippen molar-refractivity contribution in [2.45, 2.75) is 83.2 Å². The van der Waals surface area contributed by atoms with Crippen molar-refractivity contribution in [3.63, 3.8) is 0 Å². The average Bonchev–Trinajstić information content (AvgIpc) is 2.40. The zero-order valence-corrected chi connectivity index (χ0v) is 12.1. The van der Waals surface area contributed by atoms with E-state index in [9.17, 15) is 0 Å². The Morgan fingerprint density at radius 1 is 1.11 bits per heavy atom. The van der Waals surface area contributed by atoms with Crippen molar-refractivity contribution >= 4 is 6.21 Å². The summed E-state index contributed by atoms with van der Waals surface area (Å²) in [6.07, 6.45) is 16.0. The van der Waals surface area contributed by atoms with Gasteiger partial charge >= 0.3 is 0 Å². The summed E-state index contributed by atoms with van der Waals surface area (Å²) in [5.41, 5.74) is 5.98. The molecular formula is C16H31N2+. The molecule has 0 spiro atoms. The molecule has 0 amide bonds. The number of hydrogen-bond donors (Lipinski definition) is 1. The van der Waals surface area contributed by atoms with Crippen molar-refractivity contribution < 1.29 is 4.58 Å². The van der Waals surface area contributed by atoms with Crippen LogP contribution in [0.1, 0.15) is 71.1 Å². The molecule has 0 aromatic rings. The normalized spacial score (nSPS) is 33.2. The third-order valence-corrected chi connectivity index (χ3v) is 4.86. The van der Waals surface area contributed by atoms with Crippen molar-refractivity contribution in [3.8, 4) is 0 Å². The molecule has 0 saturated heterocycles. The van der Waals surface area contributed by atoms with Gasteiger partial charge in [-0.3, -0.25) is 0 Å². The Labute approximate surface area is 113 Å². The molecule has 104 valence electrons. The Kier molecular flexibility index (Phi) is 5.68. The summed E-state index contributed by atoms with van der Waals surface area (Å²) in [6, 6.07) is 1.34. The topological polar surface area (TPSA) is 29.0 Å². The van der Waals surface area contributed by atoms with Crippen molar-refractivity contribution in [2.24, 2.45) is 11.7 Å². The van der Waals surface area contributed by atoms with Gasteiger partial charge in [-0.1, -0.05) is 6.92 Å². The maximum Gasteiger partial charge on any atom is 0.152 e. The minimum Gasteiger partial charge on any atom is -0.328 e. The Hall–Kier alpha value is -0.370. The van der Waals surface area contributed by atoms with E-state index in [0.717, 1.165) is 12.0 Å². The summed E-state index contributed by atoms with van der Waals surface area (Å²) in [4.78, 5) is 0. The monoisotopic (exact) mass is 251 g/mol. The van der Waals surface area contributed by atoms with Crippen LogP contribution < -0.4 is 5.73 Å². The number of hydrogen-bond acceptors (Lipinski definition) is 1. The predicted molar refractivity (Wildman–Crippen MR) is 78.3 cm³/mol. The van der Waals surface area contributed by atoms with Gasteiger partial charge in [0.1, 0.15) is 12.8 Å². The smallest absolute Gasteiger partial charge is 0.152 e. The molecule has 2 nitrogen and oxygen atoms in total. The lowest BCUT2D eigenvalue weighted by Crippen LogP contribution is -2.32. The first-order valence-electron chi connectivity index (χ1n) is 8.14. The van der Waals surface area contributed by atoms with Crippen LogP contribution in [0.4, 0.5) is 0 Å². The summed E-state index contributed by atoms with van der Waals surface area (Å²) in [5, 5.41) is 0. The van der Waals surface area contributed by atoms with Crippen molar-refractivity contribution in [2.75, 3.05) is 6.54 Å². The first-order chi connectivity index (χ1) is 8.79. The Balaban J connectivity index is 1.74. The first-order valence-corrected chi connectivity index (χ1v) is 8.14. The summed E-state index contributed by atoms with van der Waals surface area (Å²) in [6.45, 7) is 3.56. The molecule has 2 aliphatic rings. The van der Waals surface area contributed by atoms with Gasteiger partial charge in [-0.25, -0.2) is 4.58 Å². The van der Waals surface area contributed by atoms with Gasteiger partial charge in [-0.05, 0) is 44.4 Å². The molecular weight excluding hydrogens is 220 g/mol. The maximum atomic E-state index is 5.98. The van der Waals surface area contributed by atoms with Crippen LogP contribution in [-0.4, -0.2) is 29.4 Å². The van der Waals surface area contributed by atoms with E-state index in [0.29, 0.717) is 6.04 Å². The Bertz CT molecular complexity index is 264. The summed E-state index contributed by atoms with van der Waals surface area (Å²) >= 11 is 0. The zero-order chi connectivity index (χ0) is 12.8. The van der Waals surface area contributed by atoms with E-state index < -0.39 is 0 Å². The van der Waals surface area contributed by atoms with Crippen LogP contribution >= 0.6 is 0 Å². The molecule has 2 N–H and O–H groups in total. The minimum absolute atomic E-state index is 0.501. The largest absolute Gasteiger partial charge is 0.328 e. The maximum absolute atomic E-state index is 5.98. The standard InChI is InChI=1S/C16H31N2/c1-2-12-18-13-4-3-5-16(18)11-8-14-6-9-15(17)10-7-14/h13-16H,2-12,17H2,1H3/q+1. The van der Waals surface area contributed by atoms with Crippen LogP contribution in [0.25, 0.3) is 0 Å². The van der Waals surface area contributed by atoms with E-state index in [1.807, 2.05) is 0 Å². The van der Waals surface area contributed by atoms with Gasteiger partial charge < -0.3 is 5.73 Å². The molecule has 0 bridgehead atoms. The molecule has 1 fully saturated rings. The summed E-state index contributed by atoms with van der Waals surface area (Å²) < 4.78 is 2.64. The van der Waals surface area contributed by atoms with Gasteiger partial charge in [0.25, 0.3) is 0 Å². The fourth-order valence-corrected chi connectivity index (χ4v) is 3.67. The number of rotatable bonds is 5. The quantitative estimate of drug-likeness (QED) is 0.746. The number of nitrogens with zero attached hydrogens (tertiary/aromatic N) is 1. The lowest BCUT2D eigenvalue weighted by atomic mass is 9.82. The molecule has 1 saturated carbocycles. The predicted octanol–water partition coefficient (Wildman–Crippen LogP) is 3.33. The van der Waals surface area contributed by atoms with E-state index >= 15 is 0 Å². The number of nitrogens with two attached hydrogens (primary N) is 1. The second kappa shape index (κ2) is 7.28. The van der Waals surface area contributed by atoms with Crippen LogP contribution in [0.3, 0.4) is 0 Å². The van der Waals surface area contributed by atoms with E-state index in [1.165, 1.54) is 70.8 Å². The van der Waals surface area contributed by atoms with Crippen LogP contribution in [0.5, 0.6) is 0 Å². The van der Waals surface area contributed by atoms with Gasteiger partial charge in [0.05, 0.1) is 0 Å². The summed E-state index contributed by atoms with van der Waals surface area (Å²) in [5.74, 6) is 0.968. The van der Waals surface area contributed by atoms with Crippen molar-refractivity contribution in [1.29, 1.82) is 0 Å². The highest BCUT2D eigenvalue weighted by Gasteiger charge is 2.25. The molecule has 0 aromatic carbocycles. The highest BCUT2D eigenvalue weighted by atomic mass is 15.0. The van der Waals surface area contributed by atoms with E-state index in [4.69, 9.17) is 5.73 Å². The van der Waals surface area contributed by atoms with Gasteiger partial charge in [0, 0.05) is 31.7 Å². The molecule has 0 aromatic heterocycles. The van der Waals surface area contributed by atoms with Gasteiger partial charge in [-0.2, -0.15) is 0 Å². The third-order valence-electron chi connectivity index (χ3n) is 4.86. The van der Waals surface area contributed by atoms with E-state index in [-0.39, 0.29) is 0 Å². The average molecular weight is 251 g/mol. The molecule has 2 heteroatoms. The molecule has 1 aliphatic carbocycles. The Morgan fingerprint density at radius 2 is 1.89 bits per heavy atom. The SMILES string of the molecule is CCC[N+]1=CCCCC1CCC1CCC(N)CC1. The fourth-order valence-electron chi connectivity index (χ4n) is 3.67. The van der Waals surface area contributed by atoms with Crippen LogP contribution in [0.2, 0.25) is 0 Å². The van der Waals surface area contributed by atoms with E-state index in [2.05, 4.69) is 17.7 Å². The lowest BCUT2D eigenvalue weighted by Gasteiger charge is -2.27. The fraction of sp³-hybridized carbons (Fsp3) is 0.938. The molecule has 1 atom stereocenters. The highest BCUT2D eigenvalue weighted by Crippen LogP contribution is 2.28. The summed E-state index contributed by atoms with van der Waals surface area (Å²) in [7, 11) is 0. The van der Waals surface area contributed by atoms with Gasteiger partial charge in [0.15, 0.2) is 6.04 Å². The van der Waals surface area contributed by atoms with Crippen molar-refractivity contribution in [3.05, 3.63) is 0 Å². The van der Waals surface area contributed by atoms with Crippen molar-refractivity contribution in [1.82, 2.24) is 0 Å². The minimum atomic E-state index is 0.501. The molecule has 1 unspecified atom stereocenters. The second-order valence-electron chi connectivity index (χ2n) is 6.36. The zero-order valence-electron chi connectivity index (χ0n) is 12.1. The molecule has 2 rings (SSSR count). The van der Waals surface area contributed by atoms with Crippen LogP contribution in [0, 0.1) is 5.92 Å². The molecule has 1 heterocycles. The highest BCUT2D eigenvalue weighted by molar-refractivity contribution is 5.51. The molecule has 18 heavy (non-hydrogen) atoms. The first kappa shape index (κ1) is 14.0. The van der Waals surface area contributed by atoms with Crippen LogP contribution in [0.15, 0.2) is 0 Å². The second-order valence-corrected chi connectivity index (χ2v) is 6.36. The van der Waals surface area contributed by atoms with Gasteiger partial charge in [0.2, 0.25) is 0 Å². The van der Waals surface area contributed by atoms with Crippen LogP contribution in [-0.2, 0) is 0 Å². The molecule has 1 aliphatic heterocycles.